The van der Waals surface area contributed by atoms with Crippen LogP contribution in [0.3, 0.4) is 0 Å². The van der Waals surface area contributed by atoms with Crippen molar-refractivity contribution in [2.45, 2.75) is 19.1 Å². The number of nitrogens with one attached hydrogen (secondary N) is 1. The van der Waals surface area contributed by atoms with Gasteiger partial charge in [0.05, 0.1) is 12.3 Å². The lowest BCUT2D eigenvalue weighted by Crippen LogP contribution is -2.29. The summed E-state index contributed by atoms with van der Waals surface area (Å²) in [5.41, 5.74) is 3.48. The molecule has 0 spiro atoms. The monoisotopic (exact) mass is 307 g/mol. The number of carbonyl (C=O) groups excluding carboxylic acids is 1. The minimum Gasteiger partial charge on any atom is -0.493 e. The zero-order chi connectivity index (χ0) is 15.2. The van der Waals surface area contributed by atoms with Gasteiger partial charge in [-0.2, -0.15) is 0 Å². The van der Waals surface area contributed by atoms with Gasteiger partial charge in [0.1, 0.15) is 11.5 Å². The molecule has 2 rings (SSSR count). The van der Waals surface area contributed by atoms with Crippen LogP contribution in [0.2, 0.25) is 0 Å². The zero-order valence-corrected chi connectivity index (χ0v) is 12.7. The molecule has 0 unspecified atom stereocenters. The van der Waals surface area contributed by atoms with Crippen LogP contribution in [0.1, 0.15) is 21.8 Å². The van der Waals surface area contributed by atoms with E-state index in [1.165, 1.54) is 11.8 Å². The second-order valence-electron chi connectivity index (χ2n) is 4.32. The lowest BCUT2D eigenvalue weighted by Gasteiger charge is -2.06. The lowest BCUT2D eigenvalue weighted by molar-refractivity contribution is 0.0953. The highest BCUT2D eigenvalue weighted by Crippen LogP contribution is 2.20. The molecule has 112 valence electrons. The van der Waals surface area contributed by atoms with Crippen LogP contribution in [0, 0.1) is 13.8 Å². The van der Waals surface area contributed by atoms with E-state index in [9.17, 15) is 4.79 Å². The summed E-state index contributed by atoms with van der Waals surface area (Å²) in [7, 11) is 0. The van der Waals surface area contributed by atoms with Crippen molar-refractivity contribution in [1.82, 2.24) is 10.4 Å². The number of aryl methyl sites for hydroxylation is 2. The largest absolute Gasteiger partial charge is 0.493 e. The highest BCUT2D eigenvalue weighted by atomic mass is 32.2. The molecule has 0 atom stereocenters. The molecule has 21 heavy (non-hydrogen) atoms. The summed E-state index contributed by atoms with van der Waals surface area (Å²) in [6, 6.07) is 6.78. The normalized spacial score (nSPS) is 10.4. The smallest absolute Gasteiger partial charge is 0.265 e. The minimum atomic E-state index is -0.327. The van der Waals surface area contributed by atoms with E-state index in [-0.39, 0.29) is 5.91 Å². The van der Waals surface area contributed by atoms with E-state index in [0.717, 1.165) is 17.2 Å². The van der Waals surface area contributed by atoms with E-state index < -0.39 is 0 Å². The molecule has 7 heteroatoms. The molecule has 0 aliphatic rings. The molecule has 1 aromatic heterocycles. The predicted molar refractivity (Wildman–Crippen MR) is 80.3 cm³/mol. The molecule has 0 saturated heterocycles. The van der Waals surface area contributed by atoms with Crippen LogP contribution < -0.4 is 16.0 Å². The Balaban J connectivity index is 1.77. The van der Waals surface area contributed by atoms with Crippen molar-refractivity contribution in [2.24, 2.45) is 5.84 Å². The highest BCUT2D eigenvalue weighted by Gasteiger charge is 2.06. The Kier molecular flexibility index (Phi) is 5.24. The van der Waals surface area contributed by atoms with Crippen LogP contribution in [0.5, 0.6) is 5.75 Å². The number of nitrogens with zero attached hydrogens (tertiary/aromatic N) is 1. The number of ether oxygens (including phenoxy) is 1. The summed E-state index contributed by atoms with van der Waals surface area (Å²) in [5, 5.41) is 0.656. The molecule has 0 fully saturated rings. The van der Waals surface area contributed by atoms with E-state index >= 15 is 0 Å². The van der Waals surface area contributed by atoms with E-state index in [0.29, 0.717) is 23.1 Å². The number of nitrogen functional groups attached to an aromatic ring is 1. The number of hydrogen-bond acceptors (Lipinski definition) is 6. The number of rotatable bonds is 6. The number of hydrogen-bond donors (Lipinski definition) is 2. The van der Waals surface area contributed by atoms with Gasteiger partial charge >= 0.3 is 0 Å². The van der Waals surface area contributed by atoms with E-state index in [4.69, 9.17) is 15.0 Å². The first-order valence-electron chi connectivity index (χ1n) is 6.41. The Labute approximate surface area is 127 Å². The van der Waals surface area contributed by atoms with Gasteiger partial charge in [0, 0.05) is 11.3 Å². The van der Waals surface area contributed by atoms with Gasteiger partial charge in [0.2, 0.25) is 0 Å². The molecule has 0 saturated carbocycles. The van der Waals surface area contributed by atoms with Crippen LogP contribution in [-0.4, -0.2) is 23.3 Å². The maximum Gasteiger partial charge on any atom is 0.265 e. The standard InChI is InChI=1S/C14H17N3O3S/c1-9-10(2)20-14(16-9)21-8-7-19-12-5-3-11(4-6-12)13(18)17-15/h3-6H,7-8,15H2,1-2H3,(H,17,18). The van der Waals surface area contributed by atoms with Gasteiger partial charge in [-0.3, -0.25) is 10.2 Å². The summed E-state index contributed by atoms with van der Waals surface area (Å²) >= 11 is 1.50. The van der Waals surface area contributed by atoms with Crippen molar-refractivity contribution in [3.05, 3.63) is 41.3 Å². The molecular weight excluding hydrogens is 290 g/mol. The molecule has 0 aliphatic heterocycles. The molecule has 0 aliphatic carbocycles. The van der Waals surface area contributed by atoms with E-state index in [1.807, 2.05) is 13.8 Å². The number of amides is 1. The van der Waals surface area contributed by atoms with E-state index in [2.05, 4.69) is 10.4 Å². The maximum atomic E-state index is 11.3. The first kappa shape index (κ1) is 15.4. The van der Waals surface area contributed by atoms with Crippen molar-refractivity contribution < 1.29 is 13.9 Å². The molecular formula is C14H17N3O3S. The van der Waals surface area contributed by atoms with Crippen molar-refractivity contribution in [1.29, 1.82) is 0 Å². The van der Waals surface area contributed by atoms with Crippen molar-refractivity contribution in [3.8, 4) is 5.75 Å². The third kappa shape index (κ3) is 4.24. The van der Waals surface area contributed by atoms with Gasteiger partial charge in [-0.15, -0.1) is 0 Å². The molecule has 0 bridgehead atoms. The summed E-state index contributed by atoms with van der Waals surface area (Å²) in [4.78, 5) is 15.6. The van der Waals surface area contributed by atoms with E-state index in [1.54, 1.807) is 24.3 Å². The second-order valence-corrected chi connectivity index (χ2v) is 5.36. The van der Waals surface area contributed by atoms with Crippen LogP contribution in [-0.2, 0) is 0 Å². The van der Waals surface area contributed by atoms with Gasteiger partial charge in [0.15, 0.2) is 0 Å². The number of benzene rings is 1. The fraction of sp³-hybridized carbons (Fsp3) is 0.286. The zero-order valence-electron chi connectivity index (χ0n) is 11.9. The summed E-state index contributed by atoms with van der Waals surface area (Å²) in [6.45, 7) is 4.33. The fourth-order valence-electron chi connectivity index (χ4n) is 1.58. The topological polar surface area (TPSA) is 90.4 Å². The summed E-state index contributed by atoms with van der Waals surface area (Å²) < 4.78 is 11.0. The van der Waals surface area contributed by atoms with Gasteiger partial charge < -0.3 is 9.15 Å². The lowest BCUT2D eigenvalue weighted by atomic mass is 10.2. The van der Waals surface area contributed by atoms with Crippen molar-refractivity contribution in [3.63, 3.8) is 0 Å². The first-order valence-corrected chi connectivity index (χ1v) is 7.39. The van der Waals surface area contributed by atoms with Crippen LogP contribution in [0.15, 0.2) is 33.9 Å². The Morgan fingerprint density at radius 3 is 2.67 bits per heavy atom. The number of oxazole rings is 1. The molecule has 2 aromatic rings. The number of aromatic nitrogens is 1. The predicted octanol–water partition coefficient (Wildman–Crippen LogP) is 2.07. The highest BCUT2D eigenvalue weighted by molar-refractivity contribution is 7.99. The van der Waals surface area contributed by atoms with Crippen LogP contribution >= 0.6 is 11.8 Å². The number of hydrazine groups is 1. The van der Waals surface area contributed by atoms with Gasteiger partial charge in [0.25, 0.3) is 11.1 Å². The SMILES string of the molecule is Cc1nc(SCCOc2ccc(C(=O)NN)cc2)oc1C. The Morgan fingerprint density at radius 2 is 2.10 bits per heavy atom. The number of carbonyl (C=O) groups is 1. The van der Waals surface area contributed by atoms with Crippen LogP contribution in [0.25, 0.3) is 0 Å². The number of nitrogens with two attached hydrogens (primary N) is 1. The van der Waals surface area contributed by atoms with Gasteiger partial charge in [-0.05, 0) is 38.1 Å². The quantitative estimate of drug-likeness (QED) is 0.279. The molecule has 1 heterocycles. The Hall–Kier alpha value is -1.99. The summed E-state index contributed by atoms with van der Waals surface area (Å²) in [5.74, 6) is 7.00. The molecule has 0 radical (unpaired) electrons. The molecule has 1 amide bonds. The van der Waals surface area contributed by atoms with Gasteiger partial charge in [-0.25, -0.2) is 10.8 Å². The fourth-order valence-corrected chi connectivity index (χ4v) is 2.31. The maximum absolute atomic E-state index is 11.3. The van der Waals surface area contributed by atoms with Crippen molar-refractivity contribution >= 4 is 17.7 Å². The molecule has 6 nitrogen and oxygen atoms in total. The van der Waals surface area contributed by atoms with Gasteiger partial charge in [-0.1, -0.05) is 11.8 Å². The Morgan fingerprint density at radius 1 is 1.38 bits per heavy atom. The molecule has 1 aromatic carbocycles. The molecule has 3 N–H and O–H groups in total. The summed E-state index contributed by atoms with van der Waals surface area (Å²) in [6.07, 6.45) is 0. The first-order chi connectivity index (χ1) is 10.1. The average Bonchev–Trinajstić information content (AvgIpc) is 2.82. The third-order valence-electron chi connectivity index (χ3n) is 2.83. The third-order valence-corrected chi connectivity index (χ3v) is 3.63. The van der Waals surface area contributed by atoms with Crippen molar-refractivity contribution in [2.75, 3.05) is 12.4 Å². The minimum absolute atomic E-state index is 0.327. The van der Waals surface area contributed by atoms with Crippen LogP contribution in [0.4, 0.5) is 0 Å². The number of thioether (sulfide) groups is 1. The Bertz CT molecular complexity index is 591. The second kappa shape index (κ2) is 7.14. The average molecular weight is 307 g/mol.